The normalized spacial score (nSPS) is 13.9. The molecule has 0 saturated heterocycles. The molecule has 0 N–H and O–H groups in total. The summed E-state index contributed by atoms with van der Waals surface area (Å²) in [5.74, 6) is 0. The molecule has 0 aliphatic carbocycles. The summed E-state index contributed by atoms with van der Waals surface area (Å²) in [4.78, 5) is 2.08. The lowest BCUT2D eigenvalue weighted by Gasteiger charge is -2.15. The van der Waals surface area contributed by atoms with E-state index in [2.05, 4.69) is 63.6 Å². The van der Waals surface area contributed by atoms with Crippen molar-refractivity contribution in [1.82, 2.24) is 10.0 Å². The van der Waals surface area contributed by atoms with Gasteiger partial charge in [0.1, 0.15) is 13.0 Å². The molecular formula is C19H23N5. The molecule has 3 rings (SSSR count). The third-order valence-electron chi connectivity index (χ3n) is 3.92. The van der Waals surface area contributed by atoms with Gasteiger partial charge in [-0.25, -0.2) is 5.01 Å². The topological polar surface area (TPSA) is 34.4 Å². The minimum absolute atomic E-state index is 0.694. The van der Waals surface area contributed by atoms with Crippen molar-refractivity contribution in [3.05, 3.63) is 65.7 Å². The highest BCUT2D eigenvalue weighted by atomic mass is 15.7. The number of rotatable bonds is 6. The fourth-order valence-electron chi connectivity index (χ4n) is 2.47. The van der Waals surface area contributed by atoms with Crippen LogP contribution < -0.4 is 4.90 Å². The minimum atomic E-state index is 0.694. The van der Waals surface area contributed by atoms with Crippen molar-refractivity contribution in [3.8, 4) is 0 Å². The van der Waals surface area contributed by atoms with Crippen molar-refractivity contribution in [2.24, 2.45) is 10.2 Å². The maximum atomic E-state index is 4.48. The second-order valence-corrected chi connectivity index (χ2v) is 6.01. The molecule has 24 heavy (non-hydrogen) atoms. The Morgan fingerprint density at radius 1 is 1.08 bits per heavy atom. The molecule has 1 aliphatic heterocycles. The average Bonchev–Trinajstić information content (AvgIpc) is 3.07. The van der Waals surface area contributed by atoms with Crippen molar-refractivity contribution in [3.63, 3.8) is 0 Å². The Morgan fingerprint density at radius 2 is 1.83 bits per heavy atom. The van der Waals surface area contributed by atoms with E-state index in [-0.39, 0.29) is 0 Å². The summed E-state index contributed by atoms with van der Waals surface area (Å²) in [5.41, 5.74) is 3.59. The third kappa shape index (κ3) is 4.35. The number of benzene rings is 2. The van der Waals surface area contributed by atoms with Crippen LogP contribution in [0, 0.1) is 0 Å². The van der Waals surface area contributed by atoms with Crippen LogP contribution in [0.1, 0.15) is 11.1 Å². The Bertz CT molecular complexity index is 691. The number of hydrogen-bond donors (Lipinski definition) is 0. The van der Waals surface area contributed by atoms with Gasteiger partial charge in [-0.3, -0.25) is 5.01 Å². The zero-order valence-electron chi connectivity index (χ0n) is 14.2. The summed E-state index contributed by atoms with van der Waals surface area (Å²) >= 11 is 0. The van der Waals surface area contributed by atoms with Crippen LogP contribution in [0.5, 0.6) is 0 Å². The van der Waals surface area contributed by atoms with Crippen molar-refractivity contribution in [1.29, 1.82) is 0 Å². The molecule has 0 radical (unpaired) electrons. The summed E-state index contributed by atoms with van der Waals surface area (Å²) < 4.78 is 0. The van der Waals surface area contributed by atoms with Crippen LogP contribution in [0.15, 0.2) is 64.8 Å². The van der Waals surface area contributed by atoms with Crippen LogP contribution in [0.2, 0.25) is 0 Å². The van der Waals surface area contributed by atoms with Crippen molar-refractivity contribution < 1.29 is 0 Å². The zero-order valence-corrected chi connectivity index (χ0v) is 14.2. The summed E-state index contributed by atoms with van der Waals surface area (Å²) in [5, 5.41) is 12.8. The first-order valence-corrected chi connectivity index (χ1v) is 8.12. The van der Waals surface area contributed by atoms with E-state index in [4.69, 9.17) is 0 Å². The van der Waals surface area contributed by atoms with Crippen molar-refractivity contribution in [2.45, 2.75) is 6.42 Å². The van der Waals surface area contributed by atoms with Gasteiger partial charge in [0, 0.05) is 26.3 Å². The van der Waals surface area contributed by atoms with Gasteiger partial charge in [0.15, 0.2) is 0 Å². The highest BCUT2D eigenvalue weighted by Gasteiger charge is 2.12. The predicted octanol–water partition coefficient (Wildman–Crippen LogP) is 2.85. The fraction of sp³-hybridized carbons (Fsp3) is 0.263. The molecule has 2 aromatic rings. The Morgan fingerprint density at radius 3 is 2.54 bits per heavy atom. The molecule has 5 heteroatoms. The summed E-state index contributed by atoms with van der Waals surface area (Å²) in [6.45, 7) is 1.59. The van der Waals surface area contributed by atoms with E-state index in [0.717, 1.165) is 18.5 Å². The van der Waals surface area contributed by atoms with Gasteiger partial charge < -0.3 is 4.90 Å². The average molecular weight is 321 g/mol. The van der Waals surface area contributed by atoms with Gasteiger partial charge in [-0.15, -0.1) is 0 Å². The van der Waals surface area contributed by atoms with E-state index in [9.17, 15) is 0 Å². The SMILES string of the molecule is CN(C)c1ccc(C=NN2C=NN(CCc3ccccc3)C2)cc1. The van der Waals surface area contributed by atoms with E-state index < -0.39 is 0 Å². The minimum Gasteiger partial charge on any atom is -0.378 e. The molecule has 0 saturated carbocycles. The molecule has 0 amide bonds. The molecule has 0 aromatic heterocycles. The summed E-state index contributed by atoms with van der Waals surface area (Å²) in [7, 11) is 4.07. The van der Waals surface area contributed by atoms with E-state index in [1.807, 2.05) is 36.4 Å². The predicted molar refractivity (Wildman–Crippen MR) is 100 cm³/mol. The molecular weight excluding hydrogens is 298 g/mol. The number of nitrogens with zero attached hydrogens (tertiary/aromatic N) is 5. The van der Waals surface area contributed by atoms with Crippen LogP contribution in [-0.4, -0.2) is 49.9 Å². The molecule has 0 bridgehead atoms. The molecule has 2 aromatic carbocycles. The Hall–Kier alpha value is -2.82. The van der Waals surface area contributed by atoms with Gasteiger partial charge in [0.05, 0.1) is 6.21 Å². The molecule has 5 nitrogen and oxygen atoms in total. The summed E-state index contributed by atoms with van der Waals surface area (Å²) in [6.07, 6.45) is 4.63. The molecule has 0 fully saturated rings. The van der Waals surface area contributed by atoms with Crippen LogP contribution in [0.3, 0.4) is 0 Å². The maximum Gasteiger partial charge on any atom is 0.134 e. The smallest absolute Gasteiger partial charge is 0.134 e. The molecule has 1 heterocycles. The zero-order chi connectivity index (χ0) is 16.8. The Kier molecular flexibility index (Phi) is 5.11. The van der Waals surface area contributed by atoms with Crippen LogP contribution in [0.25, 0.3) is 0 Å². The van der Waals surface area contributed by atoms with Crippen molar-refractivity contribution in [2.75, 3.05) is 32.2 Å². The maximum absolute atomic E-state index is 4.48. The van der Waals surface area contributed by atoms with Gasteiger partial charge in [0.2, 0.25) is 0 Å². The van der Waals surface area contributed by atoms with E-state index in [1.165, 1.54) is 11.3 Å². The largest absolute Gasteiger partial charge is 0.378 e. The Labute approximate surface area is 143 Å². The van der Waals surface area contributed by atoms with Gasteiger partial charge in [-0.2, -0.15) is 10.2 Å². The highest BCUT2D eigenvalue weighted by Crippen LogP contribution is 2.11. The van der Waals surface area contributed by atoms with Gasteiger partial charge >= 0.3 is 0 Å². The van der Waals surface area contributed by atoms with Crippen LogP contribution >= 0.6 is 0 Å². The lowest BCUT2D eigenvalue weighted by atomic mass is 10.1. The second-order valence-electron chi connectivity index (χ2n) is 6.01. The van der Waals surface area contributed by atoms with E-state index >= 15 is 0 Å². The lowest BCUT2D eigenvalue weighted by Crippen LogP contribution is -2.24. The van der Waals surface area contributed by atoms with Gasteiger partial charge in [-0.1, -0.05) is 42.5 Å². The van der Waals surface area contributed by atoms with Crippen LogP contribution in [0.4, 0.5) is 5.69 Å². The Balaban J connectivity index is 1.48. The second kappa shape index (κ2) is 7.64. The highest BCUT2D eigenvalue weighted by molar-refractivity contribution is 5.80. The quantitative estimate of drug-likeness (QED) is 0.767. The molecule has 1 aliphatic rings. The number of anilines is 1. The van der Waals surface area contributed by atoms with Crippen molar-refractivity contribution >= 4 is 18.2 Å². The molecule has 0 atom stereocenters. The van der Waals surface area contributed by atoms with Crippen LogP contribution in [-0.2, 0) is 6.42 Å². The number of hydrazone groups is 2. The lowest BCUT2D eigenvalue weighted by molar-refractivity contribution is 0.242. The molecule has 0 unspecified atom stereocenters. The standard InChI is InChI=1S/C19H23N5/c1-22(2)19-10-8-18(9-11-19)14-20-24-15-21-23(16-24)13-12-17-6-4-3-5-7-17/h3-11,14-15H,12-13,16H2,1-2H3. The van der Waals surface area contributed by atoms with E-state index in [1.54, 1.807) is 6.34 Å². The van der Waals surface area contributed by atoms with E-state index in [0.29, 0.717) is 6.67 Å². The monoisotopic (exact) mass is 321 g/mol. The fourth-order valence-corrected chi connectivity index (χ4v) is 2.47. The third-order valence-corrected chi connectivity index (χ3v) is 3.92. The summed E-state index contributed by atoms with van der Waals surface area (Å²) in [6, 6.07) is 18.8. The van der Waals surface area contributed by atoms with Gasteiger partial charge in [0.25, 0.3) is 0 Å². The molecule has 124 valence electrons. The first-order chi connectivity index (χ1) is 11.7. The van der Waals surface area contributed by atoms with Gasteiger partial charge in [-0.05, 0) is 29.7 Å². The first kappa shape index (κ1) is 16.1. The number of hydrogen-bond acceptors (Lipinski definition) is 5. The molecule has 0 spiro atoms. The first-order valence-electron chi connectivity index (χ1n) is 8.12.